The maximum Gasteiger partial charge on any atom is 0.411 e. The fourth-order valence-electron chi connectivity index (χ4n) is 1.60. The van der Waals surface area contributed by atoms with Gasteiger partial charge in [-0.15, -0.1) is 0 Å². The molecule has 0 fully saturated rings. The second-order valence-corrected chi connectivity index (χ2v) is 4.17. The van der Waals surface area contributed by atoms with Crippen molar-refractivity contribution in [3.8, 4) is 5.75 Å². The molecular weight excluding hydrogens is 280 g/mol. The number of alkyl halides is 3. The highest BCUT2D eigenvalue weighted by molar-refractivity contribution is 5.29. The molecule has 0 aliphatic rings. The molecule has 1 rings (SSSR count). The van der Waals surface area contributed by atoms with Crippen LogP contribution in [0.15, 0.2) is 18.2 Å². The van der Waals surface area contributed by atoms with Gasteiger partial charge in [-0.1, -0.05) is 6.07 Å². The fraction of sp³-hybridized carbons (Fsp3) is 0.500. The fourth-order valence-corrected chi connectivity index (χ4v) is 1.60. The first-order valence-corrected chi connectivity index (χ1v) is 5.78. The van der Waals surface area contributed by atoms with Crippen molar-refractivity contribution in [3.05, 3.63) is 29.6 Å². The summed E-state index contributed by atoms with van der Waals surface area (Å²) >= 11 is 0. The van der Waals surface area contributed by atoms with Gasteiger partial charge in [0.15, 0.2) is 11.6 Å². The molecule has 114 valence electrons. The molecule has 1 aromatic carbocycles. The van der Waals surface area contributed by atoms with Gasteiger partial charge >= 0.3 is 6.18 Å². The van der Waals surface area contributed by atoms with E-state index in [9.17, 15) is 17.6 Å². The Hall–Kier alpha value is -1.38. The van der Waals surface area contributed by atoms with Gasteiger partial charge in [-0.2, -0.15) is 13.2 Å². The van der Waals surface area contributed by atoms with E-state index in [-0.39, 0.29) is 18.8 Å². The molecule has 1 atom stereocenters. The quantitative estimate of drug-likeness (QED) is 0.457. The Morgan fingerprint density at radius 3 is 2.55 bits per heavy atom. The Morgan fingerprint density at radius 2 is 2.05 bits per heavy atom. The monoisotopic (exact) mass is 296 g/mol. The van der Waals surface area contributed by atoms with E-state index < -0.39 is 24.6 Å². The molecule has 1 unspecified atom stereocenters. The SMILES string of the molecule is COc1ccc(CC(COCC(F)(F)F)NN)cc1F. The highest BCUT2D eigenvalue weighted by Crippen LogP contribution is 2.19. The molecule has 0 saturated heterocycles. The van der Waals surface area contributed by atoms with Crippen molar-refractivity contribution >= 4 is 0 Å². The zero-order valence-corrected chi connectivity index (χ0v) is 10.8. The molecule has 1 aromatic rings. The largest absolute Gasteiger partial charge is 0.494 e. The summed E-state index contributed by atoms with van der Waals surface area (Å²) in [6.07, 6.45) is -4.15. The number of hydrazine groups is 1. The molecule has 3 N–H and O–H groups in total. The van der Waals surface area contributed by atoms with E-state index in [1.807, 2.05) is 0 Å². The van der Waals surface area contributed by atoms with Crippen molar-refractivity contribution in [2.75, 3.05) is 20.3 Å². The molecule has 0 radical (unpaired) electrons. The Bertz CT molecular complexity index is 426. The van der Waals surface area contributed by atoms with Crippen LogP contribution in [-0.2, 0) is 11.2 Å². The van der Waals surface area contributed by atoms with E-state index >= 15 is 0 Å². The van der Waals surface area contributed by atoms with Crippen molar-refractivity contribution in [3.63, 3.8) is 0 Å². The molecule has 0 spiro atoms. The minimum atomic E-state index is -4.38. The molecule has 0 heterocycles. The number of methoxy groups -OCH3 is 1. The molecule has 4 nitrogen and oxygen atoms in total. The molecule has 8 heteroatoms. The summed E-state index contributed by atoms with van der Waals surface area (Å²) in [6.45, 7) is -1.58. The van der Waals surface area contributed by atoms with Crippen LogP contribution in [0.5, 0.6) is 5.75 Å². The van der Waals surface area contributed by atoms with Gasteiger partial charge in [-0.3, -0.25) is 11.3 Å². The summed E-state index contributed by atoms with van der Waals surface area (Å²) in [7, 11) is 1.34. The molecule has 0 aliphatic carbocycles. The molecule has 0 aliphatic heterocycles. The topological polar surface area (TPSA) is 56.5 Å². The second-order valence-electron chi connectivity index (χ2n) is 4.17. The number of benzene rings is 1. The number of nitrogens with one attached hydrogen (secondary N) is 1. The van der Waals surface area contributed by atoms with Crippen molar-refractivity contribution in [2.24, 2.45) is 5.84 Å². The molecule has 20 heavy (non-hydrogen) atoms. The first-order valence-electron chi connectivity index (χ1n) is 5.78. The van der Waals surface area contributed by atoms with E-state index in [4.69, 9.17) is 10.6 Å². The van der Waals surface area contributed by atoms with Crippen LogP contribution in [0, 0.1) is 5.82 Å². The standard InChI is InChI=1S/C12H16F4N2O2/c1-19-11-3-2-8(5-10(11)13)4-9(18-17)6-20-7-12(14,15)16/h2-3,5,9,18H,4,6-7,17H2,1H3. The van der Waals surface area contributed by atoms with Crippen molar-refractivity contribution in [2.45, 2.75) is 18.6 Å². The first kappa shape index (κ1) is 16.7. The first-order chi connectivity index (χ1) is 9.35. The van der Waals surface area contributed by atoms with Gasteiger partial charge < -0.3 is 9.47 Å². The van der Waals surface area contributed by atoms with Crippen LogP contribution in [0.25, 0.3) is 0 Å². The Labute approximate surface area is 113 Å². The lowest BCUT2D eigenvalue weighted by Gasteiger charge is -2.17. The van der Waals surface area contributed by atoms with Crippen LogP contribution >= 0.6 is 0 Å². The maximum atomic E-state index is 13.5. The number of halogens is 4. The van der Waals surface area contributed by atoms with Crippen LogP contribution in [0.2, 0.25) is 0 Å². The van der Waals surface area contributed by atoms with Gasteiger partial charge in [0.05, 0.1) is 13.7 Å². The summed E-state index contributed by atoms with van der Waals surface area (Å²) in [6, 6.07) is 3.74. The second kappa shape index (κ2) is 7.41. The van der Waals surface area contributed by atoms with Crippen LogP contribution in [0.1, 0.15) is 5.56 Å². The average molecular weight is 296 g/mol. The maximum absolute atomic E-state index is 13.5. The van der Waals surface area contributed by atoms with Crippen LogP contribution in [0.4, 0.5) is 17.6 Å². The lowest BCUT2D eigenvalue weighted by atomic mass is 10.1. The lowest BCUT2D eigenvalue weighted by molar-refractivity contribution is -0.175. The van der Waals surface area contributed by atoms with Crippen molar-refractivity contribution < 1.29 is 27.0 Å². The van der Waals surface area contributed by atoms with E-state index in [2.05, 4.69) is 10.2 Å². The van der Waals surface area contributed by atoms with E-state index in [1.165, 1.54) is 19.2 Å². The Kier molecular flexibility index (Phi) is 6.18. The molecule has 0 amide bonds. The highest BCUT2D eigenvalue weighted by atomic mass is 19.4. The molecule has 0 saturated carbocycles. The van der Waals surface area contributed by atoms with Crippen molar-refractivity contribution in [1.82, 2.24) is 5.43 Å². The summed E-state index contributed by atoms with van der Waals surface area (Å²) in [5, 5.41) is 0. The zero-order chi connectivity index (χ0) is 15.2. The number of rotatable bonds is 7. The average Bonchev–Trinajstić information content (AvgIpc) is 2.36. The smallest absolute Gasteiger partial charge is 0.411 e. The molecule has 0 aromatic heterocycles. The zero-order valence-electron chi connectivity index (χ0n) is 10.8. The number of ether oxygens (including phenoxy) is 2. The van der Waals surface area contributed by atoms with E-state index in [0.29, 0.717) is 5.56 Å². The predicted molar refractivity (Wildman–Crippen MR) is 64.6 cm³/mol. The number of hydrogen-bond acceptors (Lipinski definition) is 4. The van der Waals surface area contributed by atoms with Gasteiger partial charge in [0.2, 0.25) is 0 Å². The van der Waals surface area contributed by atoms with Gasteiger partial charge in [0.1, 0.15) is 6.61 Å². The minimum absolute atomic E-state index is 0.0966. The molecular formula is C12H16F4N2O2. The normalized spacial score (nSPS) is 13.3. The third kappa shape index (κ3) is 5.72. The van der Waals surface area contributed by atoms with Gasteiger partial charge in [0.25, 0.3) is 0 Å². The van der Waals surface area contributed by atoms with Crippen LogP contribution < -0.4 is 16.0 Å². The summed E-state index contributed by atoms with van der Waals surface area (Å²) in [5.74, 6) is 4.79. The Morgan fingerprint density at radius 1 is 1.35 bits per heavy atom. The summed E-state index contributed by atoms with van der Waals surface area (Å²) < 4.78 is 58.5. The van der Waals surface area contributed by atoms with Crippen molar-refractivity contribution in [1.29, 1.82) is 0 Å². The van der Waals surface area contributed by atoms with Gasteiger partial charge in [0, 0.05) is 6.04 Å². The number of nitrogens with two attached hydrogens (primary N) is 1. The number of hydrogen-bond donors (Lipinski definition) is 2. The van der Waals surface area contributed by atoms with Gasteiger partial charge in [-0.05, 0) is 24.1 Å². The van der Waals surface area contributed by atoms with Crippen LogP contribution in [-0.4, -0.2) is 32.5 Å². The lowest BCUT2D eigenvalue weighted by Crippen LogP contribution is -2.41. The molecule has 0 bridgehead atoms. The van der Waals surface area contributed by atoms with Crippen LogP contribution in [0.3, 0.4) is 0 Å². The van der Waals surface area contributed by atoms with Gasteiger partial charge in [-0.25, -0.2) is 4.39 Å². The summed E-state index contributed by atoms with van der Waals surface area (Å²) in [5.41, 5.74) is 2.91. The third-order valence-electron chi connectivity index (χ3n) is 2.52. The highest BCUT2D eigenvalue weighted by Gasteiger charge is 2.27. The predicted octanol–water partition coefficient (Wildman–Crippen LogP) is 1.79. The van der Waals surface area contributed by atoms with E-state index in [0.717, 1.165) is 0 Å². The van der Waals surface area contributed by atoms with E-state index in [1.54, 1.807) is 6.07 Å². The summed E-state index contributed by atoms with van der Waals surface area (Å²) in [4.78, 5) is 0. The Balaban J connectivity index is 2.53. The minimum Gasteiger partial charge on any atom is -0.494 e. The third-order valence-corrected chi connectivity index (χ3v) is 2.52.